The van der Waals surface area contributed by atoms with Crippen LogP contribution in [0.3, 0.4) is 0 Å². The Hall–Kier alpha value is -2.13. The molecule has 1 aromatic rings. The summed E-state index contributed by atoms with van der Waals surface area (Å²) in [6, 6.07) is 4.92. The van der Waals surface area contributed by atoms with Crippen LogP contribution in [0, 0.1) is 0 Å². The third-order valence-corrected chi connectivity index (χ3v) is 4.68. The number of aliphatic imine (C=N–C) groups is 1. The molecule has 0 atom stereocenters. The summed E-state index contributed by atoms with van der Waals surface area (Å²) < 4.78 is 40.1. The van der Waals surface area contributed by atoms with Crippen molar-refractivity contribution in [1.29, 1.82) is 0 Å². The Labute approximate surface area is 165 Å². The minimum Gasteiger partial charge on any atom is -0.493 e. The molecular weight excluding hydrogens is 370 g/mol. The number of rotatable bonds is 8. The van der Waals surface area contributed by atoms with Gasteiger partial charge in [-0.15, -0.1) is 0 Å². The molecule has 2 N–H and O–H groups in total. The average molecular weight is 400 g/mol. The van der Waals surface area contributed by atoms with Crippen LogP contribution < -0.4 is 20.1 Å². The van der Waals surface area contributed by atoms with Crippen molar-refractivity contribution in [2.45, 2.75) is 32.5 Å². The number of nitrogens with one attached hydrogen (secondary N) is 2. The molecule has 1 fully saturated rings. The summed E-state index contributed by atoms with van der Waals surface area (Å²) in [7, 11) is 3.10. The second kappa shape index (κ2) is 10.4. The van der Waals surface area contributed by atoms with Crippen molar-refractivity contribution in [2.24, 2.45) is 4.99 Å². The van der Waals surface area contributed by atoms with Crippen molar-refractivity contribution in [3.8, 4) is 11.5 Å². The molecule has 0 amide bonds. The van der Waals surface area contributed by atoms with Crippen LogP contribution in [0.25, 0.3) is 0 Å². The van der Waals surface area contributed by atoms with Gasteiger partial charge in [-0.1, -0.05) is 6.07 Å². The van der Waals surface area contributed by atoms with Crippen LogP contribution >= 0.6 is 0 Å². The van der Waals surface area contributed by atoms with Gasteiger partial charge in [0.15, 0.2) is 17.5 Å². The second-order valence-electron chi connectivity index (χ2n) is 7.05. The van der Waals surface area contributed by atoms with Gasteiger partial charge in [-0.05, 0) is 31.5 Å². The fourth-order valence-electron chi connectivity index (χ4n) is 3.01. The molecule has 158 valence electrons. The molecule has 2 rings (SSSR count). The van der Waals surface area contributed by atoms with Gasteiger partial charge in [0.05, 0.1) is 20.3 Å². The van der Waals surface area contributed by atoms with Crippen LogP contribution in [0.5, 0.6) is 11.5 Å². The zero-order valence-electron chi connectivity index (χ0n) is 16.9. The lowest BCUT2D eigenvalue weighted by atomic mass is 10.0. The Morgan fingerprint density at radius 3 is 2.57 bits per heavy atom. The lowest BCUT2D eigenvalue weighted by Crippen LogP contribution is -2.56. The Balaban J connectivity index is 1.91. The predicted octanol–water partition coefficient (Wildman–Crippen LogP) is 2.07. The van der Waals surface area contributed by atoms with Gasteiger partial charge in [0.1, 0.15) is 0 Å². The summed E-state index contributed by atoms with van der Waals surface area (Å²) in [5.74, 6) is 0.903. The van der Waals surface area contributed by atoms with Crippen molar-refractivity contribution < 1.29 is 23.0 Å². The standard InChI is InChI=1S/C19H30F2N4O3/c1-19(2,25-7-9-27-10-8-25)13-24-18(22-3)23-12-14-5-6-15(26-4)16(11-14)28-17(20)21/h5-6,11,17H,7-10,12-13H2,1-4H3,(H2,22,23,24). The number of nitrogens with zero attached hydrogens (tertiary/aromatic N) is 2. The largest absolute Gasteiger partial charge is 0.493 e. The molecule has 0 unspecified atom stereocenters. The number of halogens is 2. The summed E-state index contributed by atoms with van der Waals surface area (Å²) in [6.45, 7) is 5.85. The zero-order valence-corrected chi connectivity index (χ0v) is 16.9. The smallest absolute Gasteiger partial charge is 0.387 e. The van der Waals surface area contributed by atoms with Crippen molar-refractivity contribution in [3.63, 3.8) is 0 Å². The van der Waals surface area contributed by atoms with E-state index in [0.717, 1.165) is 31.9 Å². The Morgan fingerprint density at radius 2 is 1.96 bits per heavy atom. The van der Waals surface area contributed by atoms with Crippen molar-refractivity contribution in [2.75, 3.05) is 47.0 Å². The highest BCUT2D eigenvalue weighted by Gasteiger charge is 2.28. The first-order valence-electron chi connectivity index (χ1n) is 9.25. The number of ether oxygens (including phenoxy) is 3. The van der Waals surface area contributed by atoms with Gasteiger partial charge in [0, 0.05) is 38.8 Å². The Kier molecular flexibility index (Phi) is 8.25. The van der Waals surface area contributed by atoms with E-state index in [9.17, 15) is 8.78 Å². The van der Waals surface area contributed by atoms with Gasteiger partial charge >= 0.3 is 6.61 Å². The Bertz CT molecular complexity index is 650. The van der Waals surface area contributed by atoms with Crippen LogP contribution in [-0.4, -0.2) is 70.0 Å². The SMILES string of the molecule is CN=C(NCc1ccc(OC)c(OC(F)F)c1)NCC(C)(C)N1CCOCC1. The number of alkyl halides is 2. The molecular formula is C19H30F2N4O3. The third kappa shape index (κ3) is 6.49. The van der Waals surface area contributed by atoms with Crippen LogP contribution in [0.1, 0.15) is 19.4 Å². The molecule has 7 nitrogen and oxygen atoms in total. The summed E-state index contributed by atoms with van der Waals surface area (Å²) in [5.41, 5.74) is 0.714. The van der Waals surface area contributed by atoms with Gasteiger partial charge in [-0.3, -0.25) is 9.89 Å². The van der Waals surface area contributed by atoms with Crippen LogP contribution in [0.4, 0.5) is 8.78 Å². The first kappa shape index (κ1) is 22.2. The maximum atomic E-state index is 12.6. The van der Waals surface area contributed by atoms with E-state index in [2.05, 4.69) is 39.1 Å². The number of guanidine groups is 1. The maximum absolute atomic E-state index is 12.6. The molecule has 28 heavy (non-hydrogen) atoms. The van der Waals surface area contributed by atoms with Crippen LogP contribution in [0.2, 0.25) is 0 Å². The molecule has 1 saturated heterocycles. The average Bonchev–Trinajstić information content (AvgIpc) is 2.68. The van der Waals surface area contributed by atoms with Gasteiger partial charge in [0.2, 0.25) is 0 Å². The molecule has 0 bridgehead atoms. The molecule has 0 aromatic heterocycles. The summed E-state index contributed by atoms with van der Waals surface area (Å²) in [5, 5.41) is 6.52. The fourth-order valence-corrected chi connectivity index (χ4v) is 3.01. The van der Waals surface area contributed by atoms with E-state index in [4.69, 9.17) is 9.47 Å². The quantitative estimate of drug-likeness (QED) is 0.515. The van der Waals surface area contributed by atoms with E-state index < -0.39 is 6.61 Å². The summed E-state index contributed by atoms with van der Waals surface area (Å²) in [6.07, 6.45) is 0. The van der Waals surface area contributed by atoms with Gasteiger partial charge in [0.25, 0.3) is 0 Å². The molecule has 0 saturated carbocycles. The minimum absolute atomic E-state index is 0.00759. The highest BCUT2D eigenvalue weighted by atomic mass is 19.3. The van der Waals surface area contributed by atoms with Crippen LogP contribution in [0.15, 0.2) is 23.2 Å². The molecule has 9 heteroatoms. The highest BCUT2D eigenvalue weighted by Crippen LogP contribution is 2.29. The molecule has 0 aliphatic carbocycles. The number of hydrogen-bond donors (Lipinski definition) is 2. The third-order valence-electron chi connectivity index (χ3n) is 4.68. The molecule has 0 radical (unpaired) electrons. The first-order valence-corrected chi connectivity index (χ1v) is 9.25. The number of methoxy groups -OCH3 is 1. The topological polar surface area (TPSA) is 67.4 Å². The van der Waals surface area contributed by atoms with E-state index in [1.165, 1.54) is 13.2 Å². The van der Waals surface area contributed by atoms with Gasteiger partial charge in [-0.2, -0.15) is 8.78 Å². The first-order chi connectivity index (χ1) is 13.4. The molecule has 1 aliphatic rings. The van der Waals surface area contributed by atoms with Crippen molar-refractivity contribution in [1.82, 2.24) is 15.5 Å². The zero-order chi connectivity index (χ0) is 20.6. The summed E-state index contributed by atoms with van der Waals surface area (Å²) in [4.78, 5) is 6.61. The lowest BCUT2D eigenvalue weighted by molar-refractivity contribution is -0.0512. The summed E-state index contributed by atoms with van der Waals surface area (Å²) >= 11 is 0. The van der Waals surface area contributed by atoms with E-state index in [1.54, 1.807) is 19.2 Å². The van der Waals surface area contributed by atoms with Crippen molar-refractivity contribution >= 4 is 5.96 Å². The van der Waals surface area contributed by atoms with Crippen molar-refractivity contribution in [3.05, 3.63) is 23.8 Å². The molecule has 0 spiro atoms. The predicted molar refractivity (Wildman–Crippen MR) is 104 cm³/mol. The number of hydrogen-bond acceptors (Lipinski definition) is 5. The minimum atomic E-state index is -2.91. The van der Waals surface area contributed by atoms with E-state index >= 15 is 0 Å². The van der Waals surface area contributed by atoms with Gasteiger partial charge in [-0.25, -0.2) is 0 Å². The normalized spacial score (nSPS) is 16.2. The monoisotopic (exact) mass is 400 g/mol. The molecule has 1 aromatic carbocycles. The molecule has 1 heterocycles. The van der Waals surface area contributed by atoms with Gasteiger partial charge < -0.3 is 24.8 Å². The lowest BCUT2D eigenvalue weighted by Gasteiger charge is -2.41. The Morgan fingerprint density at radius 1 is 1.25 bits per heavy atom. The van der Waals surface area contributed by atoms with E-state index in [1.807, 2.05) is 0 Å². The number of morpholine rings is 1. The van der Waals surface area contributed by atoms with E-state index in [-0.39, 0.29) is 17.0 Å². The molecule has 1 aliphatic heterocycles. The van der Waals surface area contributed by atoms with E-state index in [0.29, 0.717) is 19.0 Å². The fraction of sp³-hybridized carbons (Fsp3) is 0.632. The highest BCUT2D eigenvalue weighted by molar-refractivity contribution is 5.79. The van der Waals surface area contributed by atoms with Crippen LogP contribution in [-0.2, 0) is 11.3 Å². The second-order valence-corrected chi connectivity index (χ2v) is 7.05. The number of benzene rings is 1. The maximum Gasteiger partial charge on any atom is 0.387 e.